The van der Waals surface area contributed by atoms with Gasteiger partial charge in [0.2, 0.25) is 0 Å². The quantitative estimate of drug-likeness (QED) is 0.367. The van der Waals surface area contributed by atoms with E-state index in [1.54, 1.807) is 56.4 Å². The number of carbonyl (C=O) groups excluding carboxylic acids is 2. The number of aromatic nitrogens is 3. The number of nitrogens with one attached hydrogen (secondary N) is 2. The minimum Gasteiger partial charge on any atom is -0.466 e. The number of dihydropyridines is 1. The van der Waals surface area contributed by atoms with Crippen LogP contribution in [0.1, 0.15) is 37.1 Å². The lowest BCUT2D eigenvalue weighted by molar-refractivity contribution is -0.139. The molecule has 0 saturated heterocycles. The zero-order chi connectivity index (χ0) is 29.0. The molecule has 0 saturated carbocycles. The minimum atomic E-state index is -1.07. The molecule has 0 bridgehead atoms. The number of nitrogens with zero attached hydrogens (tertiary/aromatic N) is 2. The molecule has 4 rings (SSSR count). The molecule has 2 aromatic heterocycles. The van der Waals surface area contributed by atoms with E-state index in [0.717, 1.165) is 0 Å². The zero-order valence-electron chi connectivity index (χ0n) is 22.1. The van der Waals surface area contributed by atoms with Crippen LogP contribution in [0, 0.1) is 0 Å². The Balaban J connectivity index is 2.00. The van der Waals surface area contributed by atoms with Gasteiger partial charge in [-0.2, -0.15) is 0 Å². The molecule has 2 atom stereocenters. The Morgan fingerprint density at radius 3 is 2.50 bits per heavy atom. The van der Waals surface area contributed by atoms with Crippen LogP contribution in [0.4, 0.5) is 0 Å². The van der Waals surface area contributed by atoms with E-state index in [0.29, 0.717) is 17.0 Å². The van der Waals surface area contributed by atoms with Crippen molar-refractivity contribution >= 4 is 35.1 Å². The molecule has 0 amide bonds. The number of methoxy groups -OCH3 is 2. The van der Waals surface area contributed by atoms with Gasteiger partial charge >= 0.3 is 11.9 Å². The molecule has 1 aliphatic rings. The summed E-state index contributed by atoms with van der Waals surface area (Å²) in [5.41, 5.74) is 1.24. The van der Waals surface area contributed by atoms with Crippen LogP contribution in [-0.2, 0) is 23.8 Å². The van der Waals surface area contributed by atoms with Crippen molar-refractivity contribution in [3.05, 3.63) is 103 Å². The summed E-state index contributed by atoms with van der Waals surface area (Å²) >= 11 is 13.0. The highest BCUT2D eigenvalue weighted by Gasteiger charge is 2.42. The second-order valence-electron chi connectivity index (χ2n) is 8.63. The second kappa shape index (κ2) is 12.5. The lowest BCUT2D eigenvalue weighted by atomic mass is 9.79. The predicted molar refractivity (Wildman–Crippen MR) is 149 cm³/mol. The lowest BCUT2D eigenvalue weighted by Crippen LogP contribution is -2.36. The summed E-state index contributed by atoms with van der Waals surface area (Å²) in [5.74, 6) is -2.27. The summed E-state index contributed by atoms with van der Waals surface area (Å²) in [4.78, 5) is 50.9. The molecule has 10 nitrogen and oxygen atoms in total. The van der Waals surface area contributed by atoms with E-state index < -0.39 is 29.5 Å². The lowest BCUT2D eigenvalue weighted by Gasteiger charge is -2.34. The van der Waals surface area contributed by atoms with Crippen molar-refractivity contribution in [2.75, 3.05) is 20.8 Å². The molecule has 0 aliphatic carbocycles. The fourth-order valence-corrected chi connectivity index (χ4v) is 4.97. The van der Waals surface area contributed by atoms with Crippen molar-refractivity contribution in [2.45, 2.75) is 25.9 Å². The molecule has 2 N–H and O–H groups in total. The zero-order valence-corrected chi connectivity index (χ0v) is 23.6. The molecule has 3 heterocycles. The van der Waals surface area contributed by atoms with E-state index in [-0.39, 0.29) is 45.0 Å². The molecule has 40 heavy (non-hydrogen) atoms. The van der Waals surface area contributed by atoms with Gasteiger partial charge in [-0.3, -0.25) is 9.78 Å². The maximum absolute atomic E-state index is 13.5. The summed E-state index contributed by atoms with van der Waals surface area (Å²) in [7, 11) is 2.62. The monoisotopic (exact) mass is 584 g/mol. The Morgan fingerprint density at radius 1 is 1.07 bits per heavy atom. The topological polar surface area (TPSA) is 132 Å². The van der Waals surface area contributed by atoms with Gasteiger partial charge in [0.25, 0.3) is 5.56 Å². The molecule has 1 aromatic carbocycles. The van der Waals surface area contributed by atoms with Gasteiger partial charge in [-0.25, -0.2) is 14.6 Å². The van der Waals surface area contributed by atoms with Gasteiger partial charge < -0.3 is 24.5 Å². The number of aromatic amines is 1. The van der Waals surface area contributed by atoms with Crippen LogP contribution in [0.15, 0.2) is 76.0 Å². The molecule has 208 valence electrons. The molecule has 0 radical (unpaired) electrons. The highest BCUT2D eigenvalue weighted by Crippen LogP contribution is 2.45. The highest BCUT2D eigenvalue weighted by atomic mass is 35.5. The standard InChI is InChI=1S/C28H26Cl2N4O6/c1-5-40-28(37)20-14(2)32-24(22(27(36)39-4)21(20)15-9-8-10-16(29)23(15)30)25(38-3)18-13-19(35)34-26(33-18)17-11-6-7-12-31-17/h6-13,21,25,32H,5H2,1-4H3,(H,33,34,35). The number of rotatable bonds is 8. The normalized spacial score (nSPS) is 15.9. The summed E-state index contributed by atoms with van der Waals surface area (Å²) in [6.45, 7) is 3.43. The van der Waals surface area contributed by atoms with Gasteiger partial charge in [-0.05, 0) is 37.6 Å². The minimum absolute atomic E-state index is 0.00800. The first-order valence-electron chi connectivity index (χ1n) is 12.2. The van der Waals surface area contributed by atoms with Crippen LogP contribution in [0.25, 0.3) is 11.5 Å². The van der Waals surface area contributed by atoms with E-state index in [1.165, 1.54) is 20.3 Å². The number of benzene rings is 1. The van der Waals surface area contributed by atoms with Gasteiger partial charge in [0.1, 0.15) is 11.8 Å². The molecule has 1 aliphatic heterocycles. The third kappa shape index (κ3) is 5.65. The summed E-state index contributed by atoms with van der Waals surface area (Å²) in [6.07, 6.45) is 0.499. The number of carbonyl (C=O) groups is 2. The van der Waals surface area contributed by atoms with E-state index in [4.69, 9.17) is 37.4 Å². The first-order chi connectivity index (χ1) is 19.2. The number of esters is 2. The van der Waals surface area contributed by atoms with Crippen LogP contribution in [0.2, 0.25) is 10.0 Å². The summed E-state index contributed by atoms with van der Waals surface area (Å²) in [6, 6.07) is 11.3. The third-order valence-electron chi connectivity index (χ3n) is 6.22. The van der Waals surface area contributed by atoms with Crippen LogP contribution >= 0.6 is 23.2 Å². The van der Waals surface area contributed by atoms with Crippen molar-refractivity contribution in [2.24, 2.45) is 0 Å². The van der Waals surface area contributed by atoms with Gasteiger partial charge in [-0.15, -0.1) is 0 Å². The van der Waals surface area contributed by atoms with Crippen LogP contribution in [0.3, 0.4) is 0 Å². The van der Waals surface area contributed by atoms with Crippen molar-refractivity contribution in [1.82, 2.24) is 20.3 Å². The fourth-order valence-electron chi connectivity index (χ4n) is 4.55. The predicted octanol–water partition coefficient (Wildman–Crippen LogP) is 4.48. The van der Waals surface area contributed by atoms with Crippen molar-refractivity contribution in [3.8, 4) is 11.5 Å². The maximum atomic E-state index is 13.5. The van der Waals surface area contributed by atoms with Crippen LogP contribution in [0.5, 0.6) is 0 Å². The molecule has 12 heteroatoms. The highest BCUT2D eigenvalue weighted by molar-refractivity contribution is 6.42. The Labute approximate surface area is 240 Å². The largest absolute Gasteiger partial charge is 0.466 e. The van der Waals surface area contributed by atoms with Crippen molar-refractivity contribution in [3.63, 3.8) is 0 Å². The van der Waals surface area contributed by atoms with E-state index in [2.05, 4.69) is 20.3 Å². The number of halogens is 2. The first kappa shape index (κ1) is 29.0. The van der Waals surface area contributed by atoms with Crippen LogP contribution in [-0.4, -0.2) is 47.7 Å². The average molecular weight is 585 g/mol. The SMILES string of the molecule is CCOC(=O)C1=C(C)NC(C(OC)c2cc(=O)[nH]c(-c3ccccn3)n2)=C(C(=O)OC)C1c1cccc(Cl)c1Cl. The maximum Gasteiger partial charge on any atom is 0.336 e. The first-order valence-corrected chi connectivity index (χ1v) is 12.9. The number of hydrogen-bond donors (Lipinski definition) is 2. The second-order valence-corrected chi connectivity index (χ2v) is 9.41. The van der Waals surface area contributed by atoms with E-state index >= 15 is 0 Å². The van der Waals surface area contributed by atoms with Gasteiger partial charge in [0.15, 0.2) is 5.82 Å². The number of allylic oxidation sites excluding steroid dienone is 1. The molecule has 3 aromatic rings. The number of hydrogen-bond acceptors (Lipinski definition) is 9. The molecule has 0 spiro atoms. The Kier molecular flexibility index (Phi) is 9.03. The molecule has 0 fully saturated rings. The Hall–Kier alpha value is -3.99. The van der Waals surface area contributed by atoms with Crippen LogP contribution < -0.4 is 10.9 Å². The fraction of sp³-hybridized carbons (Fsp3) is 0.250. The average Bonchev–Trinajstić information content (AvgIpc) is 2.94. The molecular formula is C28H26Cl2N4O6. The number of H-pyrrole nitrogens is 1. The Morgan fingerprint density at radius 2 is 1.85 bits per heavy atom. The van der Waals surface area contributed by atoms with Gasteiger partial charge in [0.05, 0.1) is 52.2 Å². The van der Waals surface area contributed by atoms with E-state index in [9.17, 15) is 14.4 Å². The van der Waals surface area contributed by atoms with Crippen molar-refractivity contribution in [1.29, 1.82) is 0 Å². The summed E-state index contributed by atoms with van der Waals surface area (Å²) in [5, 5.41) is 3.49. The van der Waals surface area contributed by atoms with Crippen molar-refractivity contribution < 1.29 is 23.8 Å². The van der Waals surface area contributed by atoms with Gasteiger partial charge in [-0.1, -0.05) is 41.4 Å². The molecular weight excluding hydrogens is 559 g/mol. The van der Waals surface area contributed by atoms with Gasteiger partial charge in [0, 0.05) is 25.1 Å². The summed E-state index contributed by atoms with van der Waals surface area (Å²) < 4.78 is 16.3. The molecule has 2 unspecified atom stereocenters. The third-order valence-corrected chi connectivity index (χ3v) is 7.06. The smallest absolute Gasteiger partial charge is 0.336 e. The number of ether oxygens (including phenoxy) is 3. The Bertz CT molecular complexity index is 1570. The van der Waals surface area contributed by atoms with E-state index in [1.807, 2.05) is 0 Å². The number of pyridine rings is 1.